The van der Waals surface area contributed by atoms with E-state index in [1.54, 1.807) is 28.0 Å². The summed E-state index contributed by atoms with van der Waals surface area (Å²) in [5.74, 6) is -0.534. The van der Waals surface area contributed by atoms with E-state index in [4.69, 9.17) is 21.5 Å². The predicted molar refractivity (Wildman–Crippen MR) is 158 cm³/mol. The minimum absolute atomic E-state index is 0.0895. The second-order valence-corrected chi connectivity index (χ2v) is 10.9. The number of aliphatic hydroxyl groups excluding tert-OH is 1. The number of piperidine rings is 1. The molecule has 2 atom stereocenters. The standard InChI is InChI=1S/C27H27ClF3N9O3.CH2O2/c28-19-11-15(36-23-24-34-13-20(40(24)6-5-33-23)18-12-35-37-22(18)27(29,30)31)1-2-16(19)25(42)38-7-9-39(10-8-38)26(43)17-3-4-32-14-21(17)41;2-1-3/h1-2,5-6,11-13,17,21,32,41H,3-4,7-10,14H2,(H,33,36)(H,35,37);1H,(H,2,3)/t17-,21+;/m0./s1. The van der Waals surface area contributed by atoms with Crippen LogP contribution >= 0.6 is 11.6 Å². The van der Waals surface area contributed by atoms with E-state index < -0.39 is 23.9 Å². The number of anilines is 2. The van der Waals surface area contributed by atoms with Gasteiger partial charge in [0.25, 0.3) is 12.4 Å². The molecule has 2 aliphatic heterocycles. The molecule has 2 aliphatic rings. The minimum Gasteiger partial charge on any atom is -0.483 e. The number of rotatable bonds is 5. The Bertz CT molecular complexity index is 1720. The summed E-state index contributed by atoms with van der Waals surface area (Å²) >= 11 is 6.51. The van der Waals surface area contributed by atoms with Gasteiger partial charge in [-0.15, -0.1) is 0 Å². The fraction of sp³-hybridized carbons (Fsp3) is 0.357. The summed E-state index contributed by atoms with van der Waals surface area (Å²) in [5, 5.41) is 29.0. The van der Waals surface area contributed by atoms with Gasteiger partial charge in [0, 0.05) is 50.8 Å². The number of halogens is 4. The average molecular weight is 664 g/mol. The number of carbonyl (C=O) groups excluding carboxylic acids is 2. The van der Waals surface area contributed by atoms with Crippen LogP contribution in [-0.2, 0) is 15.8 Å². The number of hydrogen-bond acceptors (Lipinski definition) is 9. The zero-order valence-corrected chi connectivity index (χ0v) is 24.8. The number of carboxylic acid groups (broad SMARTS) is 1. The lowest BCUT2D eigenvalue weighted by atomic mass is 9.93. The van der Waals surface area contributed by atoms with Crippen molar-refractivity contribution in [1.29, 1.82) is 0 Å². The number of alkyl halides is 3. The molecular weight excluding hydrogens is 635 g/mol. The second-order valence-electron chi connectivity index (χ2n) is 10.5. The van der Waals surface area contributed by atoms with Crippen LogP contribution in [0.3, 0.4) is 0 Å². The lowest BCUT2D eigenvalue weighted by Crippen LogP contribution is -2.55. The number of β-amino-alcohol motifs (C(OH)–C–C–N with tert-alkyl or cyclic N) is 1. The number of aromatic amines is 1. The van der Waals surface area contributed by atoms with E-state index in [0.717, 1.165) is 6.20 Å². The van der Waals surface area contributed by atoms with Crippen molar-refractivity contribution >= 4 is 47.0 Å². The highest BCUT2D eigenvalue weighted by Gasteiger charge is 2.37. The van der Waals surface area contributed by atoms with Gasteiger partial charge in [-0.2, -0.15) is 18.3 Å². The summed E-state index contributed by atoms with van der Waals surface area (Å²) in [5.41, 5.74) is 0.0803. The van der Waals surface area contributed by atoms with Gasteiger partial charge in [0.15, 0.2) is 11.5 Å². The van der Waals surface area contributed by atoms with Gasteiger partial charge in [-0.25, -0.2) is 9.97 Å². The molecule has 2 saturated heterocycles. The van der Waals surface area contributed by atoms with Crippen LogP contribution in [0.2, 0.25) is 5.02 Å². The van der Waals surface area contributed by atoms with Gasteiger partial charge in [-0.05, 0) is 31.2 Å². The van der Waals surface area contributed by atoms with Crippen molar-refractivity contribution in [3.63, 3.8) is 0 Å². The molecule has 0 aliphatic carbocycles. The van der Waals surface area contributed by atoms with E-state index in [1.807, 2.05) is 5.10 Å². The Labute approximate surface area is 264 Å². The van der Waals surface area contributed by atoms with Gasteiger partial charge in [0.1, 0.15) is 5.69 Å². The van der Waals surface area contributed by atoms with Crippen LogP contribution in [0.25, 0.3) is 16.9 Å². The lowest BCUT2D eigenvalue weighted by Gasteiger charge is -2.38. The quantitative estimate of drug-likeness (QED) is 0.199. The number of aromatic nitrogens is 5. The molecule has 1 aromatic carbocycles. The van der Waals surface area contributed by atoms with E-state index in [1.165, 1.54) is 23.0 Å². The summed E-state index contributed by atoms with van der Waals surface area (Å²) in [4.78, 5) is 46.4. The average Bonchev–Trinajstić information content (AvgIpc) is 3.70. The van der Waals surface area contributed by atoms with Gasteiger partial charge < -0.3 is 30.6 Å². The Kier molecular flexibility index (Phi) is 9.74. The largest absolute Gasteiger partial charge is 0.483 e. The molecule has 3 aromatic heterocycles. The van der Waals surface area contributed by atoms with E-state index >= 15 is 0 Å². The molecule has 0 radical (unpaired) electrons. The number of piperazine rings is 1. The molecule has 14 nitrogen and oxygen atoms in total. The summed E-state index contributed by atoms with van der Waals surface area (Å²) in [6.07, 6.45) is 0.537. The van der Waals surface area contributed by atoms with Crippen LogP contribution in [0.5, 0.6) is 0 Å². The van der Waals surface area contributed by atoms with E-state index in [-0.39, 0.29) is 51.6 Å². The highest BCUT2D eigenvalue weighted by molar-refractivity contribution is 6.34. The van der Waals surface area contributed by atoms with E-state index in [2.05, 4.69) is 25.7 Å². The zero-order valence-electron chi connectivity index (χ0n) is 24.0. The molecule has 0 bridgehead atoms. The van der Waals surface area contributed by atoms with Gasteiger partial charge in [-0.3, -0.25) is 23.9 Å². The van der Waals surface area contributed by atoms with Crippen molar-refractivity contribution in [2.24, 2.45) is 5.92 Å². The molecule has 0 spiro atoms. The molecule has 6 rings (SSSR count). The Morgan fingerprint density at radius 2 is 1.83 bits per heavy atom. The second kappa shape index (κ2) is 13.7. The first kappa shape index (κ1) is 32.6. The lowest BCUT2D eigenvalue weighted by molar-refractivity contribution is -0.142. The van der Waals surface area contributed by atoms with Crippen LogP contribution < -0.4 is 10.6 Å². The number of nitrogens with one attached hydrogen (secondary N) is 3. The Morgan fingerprint density at radius 1 is 1.11 bits per heavy atom. The number of aliphatic hydroxyl groups is 1. The SMILES string of the molecule is O=C(c1ccc(Nc2nccn3c(-c4cn[nH]c4C(F)(F)F)cnc23)cc1Cl)N1CCN(C(=O)[C@H]2CCNC[C@H]2O)CC1.O=CO. The number of carbonyl (C=O) groups is 3. The maximum atomic E-state index is 13.4. The van der Waals surface area contributed by atoms with Crippen molar-refractivity contribution < 1.29 is 37.8 Å². The summed E-state index contributed by atoms with van der Waals surface area (Å²) in [6, 6.07) is 4.78. The maximum absolute atomic E-state index is 13.4. The molecule has 244 valence electrons. The fourth-order valence-corrected chi connectivity index (χ4v) is 5.73. The van der Waals surface area contributed by atoms with Crippen LogP contribution in [0, 0.1) is 5.92 Å². The smallest absolute Gasteiger partial charge is 0.433 e. The Balaban J connectivity index is 0.00000134. The monoisotopic (exact) mass is 663 g/mol. The van der Waals surface area contributed by atoms with Gasteiger partial charge >= 0.3 is 6.18 Å². The fourth-order valence-electron chi connectivity index (χ4n) is 5.47. The topological polar surface area (TPSA) is 181 Å². The minimum atomic E-state index is -4.62. The summed E-state index contributed by atoms with van der Waals surface area (Å²) in [6.45, 7) is 2.22. The van der Waals surface area contributed by atoms with Crippen LogP contribution in [0.4, 0.5) is 24.7 Å². The van der Waals surface area contributed by atoms with Crippen molar-refractivity contribution in [1.82, 2.24) is 39.7 Å². The zero-order chi connectivity index (χ0) is 33.0. The van der Waals surface area contributed by atoms with Crippen molar-refractivity contribution in [3.8, 4) is 11.3 Å². The van der Waals surface area contributed by atoms with E-state index in [0.29, 0.717) is 51.4 Å². The first-order valence-electron chi connectivity index (χ1n) is 14.1. The maximum Gasteiger partial charge on any atom is 0.433 e. The first-order valence-corrected chi connectivity index (χ1v) is 14.5. The molecule has 18 heteroatoms. The number of nitrogens with zero attached hydrogens (tertiary/aromatic N) is 6. The number of benzene rings is 1. The van der Waals surface area contributed by atoms with E-state index in [9.17, 15) is 27.9 Å². The van der Waals surface area contributed by atoms with Crippen LogP contribution in [-0.4, -0.2) is 108 Å². The third-order valence-electron chi connectivity index (χ3n) is 7.73. The number of H-pyrrole nitrogens is 1. The van der Waals surface area contributed by atoms with Gasteiger partial charge in [0.05, 0.1) is 46.3 Å². The summed E-state index contributed by atoms with van der Waals surface area (Å²) < 4.78 is 41.7. The van der Waals surface area contributed by atoms with Crippen LogP contribution in [0.15, 0.2) is 43.0 Å². The highest BCUT2D eigenvalue weighted by Crippen LogP contribution is 2.36. The van der Waals surface area contributed by atoms with Crippen molar-refractivity contribution in [2.45, 2.75) is 18.7 Å². The molecule has 4 aromatic rings. The molecule has 2 amide bonds. The van der Waals surface area contributed by atoms with Gasteiger partial charge in [0.2, 0.25) is 5.91 Å². The molecular formula is C28H29ClF3N9O5. The summed E-state index contributed by atoms with van der Waals surface area (Å²) in [7, 11) is 0. The molecule has 5 N–H and O–H groups in total. The molecule has 2 fully saturated rings. The van der Waals surface area contributed by atoms with Crippen LogP contribution in [0.1, 0.15) is 22.5 Å². The highest BCUT2D eigenvalue weighted by atomic mass is 35.5. The molecule has 0 saturated carbocycles. The predicted octanol–water partition coefficient (Wildman–Crippen LogP) is 2.49. The van der Waals surface area contributed by atoms with Gasteiger partial charge in [-0.1, -0.05) is 11.6 Å². The normalized spacial score (nSPS) is 18.5. The van der Waals surface area contributed by atoms with Crippen molar-refractivity contribution in [3.05, 3.63) is 59.3 Å². The number of imidazole rings is 1. The molecule has 46 heavy (non-hydrogen) atoms. The van der Waals surface area contributed by atoms with Crippen molar-refractivity contribution in [2.75, 3.05) is 44.6 Å². The Hall–Kier alpha value is -4.74. The molecule has 5 heterocycles. The third kappa shape index (κ3) is 6.75. The third-order valence-corrected chi connectivity index (χ3v) is 8.05. The number of hydrogen-bond donors (Lipinski definition) is 5. The number of fused-ring (bicyclic) bond motifs is 1. The number of amides is 2. The first-order chi connectivity index (χ1) is 22.0. The molecule has 0 unspecified atom stereocenters. The Morgan fingerprint density at radius 3 is 2.50 bits per heavy atom.